The van der Waals surface area contributed by atoms with Gasteiger partial charge in [0.05, 0.1) is 0 Å². The Morgan fingerprint density at radius 3 is 2.35 bits per heavy atom. The highest BCUT2D eigenvalue weighted by atomic mass is 16.4. The Balaban J connectivity index is 2.27. The quantitative estimate of drug-likeness (QED) is 0.923. The molecule has 0 aliphatic rings. The van der Waals surface area contributed by atoms with Gasteiger partial charge in [0.2, 0.25) is 0 Å². The maximum absolute atomic E-state index is 12.7. The third-order valence-corrected chi connectivity index (χ3v) is 3.97. The number of amides is 1. The highest BCUT2D eigenvalue weighted by Crippen LogP contribution is 2.16. The number of hydrogen-bond donors (Lipinski definition) is 1. The first-order valence-corrected chi connectivity index (χ1v) is 7.51. The summed E-state index contributed by atoms with van der Waals surface area (Å²) in [6, 6.07) is 14.1. The molecular weight excluding hydrogens is 290 g/mol. The zero-order valence-electron chi connectivity index (χ0n) is 13.6. The van der Waals surface area contributed by atoms with Gasteiger partial charge in [-0.1, -0.05) is 48.0 Å². The summed E-state index contributed by atoms with van der Waals surface area (Å²) in [6.45, 7) is 3.77. The lowest BCUT2D eigenvalue weighted by atomic mass is 10.0. The lowest BCUT2D eigenvalue weighted by molar-refractivity contribution is -0.141. The smallest absolute Gasteiger partial charge is 0.326 e. The Morgan fingerprint density at radius 1 is 1.09 bits per heavy atom. The first-order valence-electron chi connectivity index (χ1n) is 7.51. The molecule has 0 aliphatic carbocycles. The molecule has 0 fully saturated rings. The lowest BCUT2D eigenvalue weighted by Gasteiger charge is -2.26. The Kier molecular flexibility index (Phi) is 5.16. The summed E-state index contributed by atoms with van der Waals surface area (Å²) in [7, 11) is 1.55. The molecule has 0 saturated carbocycles. The summed E-state index contributed by atoms with van der Waals surface area (Å²) < 4.78 is 0. The molecular formula is C19H21NO3. The number of carboxylic acids is 1. The van der Waals surface area contributed by atoms with Gasteiger partial charge in [-0.3, -0.25) is 4.79 Å². The molecule has 0 radical (unpaired) electrons. The van der Waals surface area contributed by atoms with Crippen molar-refractivity contribution in [3.63, 3.8) is 0 Å². The molecule has 2 aromatic rings. The molecule has 2 aromatic carbocycles. The van der Waals surface area contributed by atoms with E-state index in [9.17, 15) is 14.7 Å². The molecule has 1 N–H and O–H groups in total. The summed E-state index contributed by atoms with van der Waals surface area (Å²) in [5.74, 6) is -1.27. The second-order valence-corrected chi connectivity index (χ2v) is 5.78. The van der Waals surface area contributed by atoms with Crippen LogP contribution in [0.25, 0.3) is 0 Å². The fourth-order valence-corrected chi connectivity index (χ4v) is 2.53. The summed E-state index contributed by atoms with van der Waals surface area (Å²) in [5.41, 5.74) is 3.26. The van der Waals surface area contributed by atoms with E-state index in [-0.39, 0.29) is 12.3 Å². The van der Waals surface area contributed by atoms with Crippen LogP contribution in [-0.4, -0.2) is 35.0 Å². The van der Waals surface area contributed by atoms with E-state index in [2.05, 4.69) is 0 Å². The number of hydrogen-bond acceptors (Lipinski definition) is 2. The molecule has 0 heterocycles. The Labute approximate surface area is 136 Å². The van der Waals surface area contributed by atoms with Crippen LogP contribution in [0, 0.1) is 13.8 Å². The van der Waals surface area contributed by atoms with E-state index in [1.165, 1.54) is 4.90 Å². The van der Waals surface area contributed by atoms with E-state index < -0.39 is 12.0 Å². The maximum Gasteiger partial charge on any atom is 0.326 e. The van der Waals surface area contributed by atoms with Gasteiger partial charge in [0.1, 0.15) is 6.04 Å². The number of aliphatic carboxylic acids is 1. The van der Waals surface area contributed by atoms with E-state index in [1.54, 1.807) is 13.1 Å². The fraction of sp³-hybridized carbons (Fsp3) is 0.263. The first-order chi connectivity index (χ1) is 10.9. The molecule has 23 heavy (non-hydrogen) atoms. The molecule has 1 unspecified atom stereocenters. The number of carbonyl (C=O) groups excluding carboxylic acids is 1. The Bertz CT molecular complexity index is 710. The number of nitrogens with zero attached hydrogens (tertiary/aromatic N) is 1. The van der Waals surface area contributed by atoms with Gasteiger partial charge in [0.25, 0.3) is 5.91 Å². The minimum absolute atomic E-state index is 0.269. The average Bonchev–Trinajstić information content (AvgIpc) is 2.54. The van der Waals surface area contributed by atoms with Crippen LogP contribution in [-0.2, 0) is 11.2 Å². The zero-order chi connectivity index (χ0) is 17.0. The lowest BCUT2D eigenvalue weighted by Crippen LogP contribution is -2.44. The van der Waals surface area contributed by atoms with Crippen molar-refractivity contribution in [2.24, 2.45) is 0 Å². The summed E-state index contributed by atoms with van der Waals surface area (Å²) in [6.07, 6.45) is 0.281. The second-order valence-electron chi connectivity index (χ2n) is 5.78. The zero-order valence-corrected chi connectivity index (χ0v) is 13.6. The van der Waals surface area contributed by atoms with Gasteiger partial charge < -0.3 is 10.0 Å². The van der Waals surface area contributed by atoms with Gasteiger partial charge in [-0.15, -0.1) is 0 Å². The normalized spacial score (nSPS) is 11.8. The van der Waals surface area contributed by atoms with Crippen LogP contribution in [0.15, 0.2) is 48.5 Å². The van der Waals surface area contributed by atoms with Crippen molar-refractivity contribution in [2.45, 2.75) is 26.3 Å². The van der Waals surface area contributed by atoms with E-state index in [1.807, 2.05) is 56.3 Å². The third kappa shape index (κ3) is 3.97. The number of likely N-dealkylation sites (N-methyl/N-ethyl adjacent to an activating group) is 1. The largest absolute Gasteiger partial charge is 0.480 e. The first kappa shape index (κ1) is 16.7. The number of carboxylic acid groups (broad SMARTS) is 1. The minimum atomic E-state index is -1.00. The van der Waals surface area contributed by atoms with Gasteiger partial charge in [-0.2, -0.15) is 0 Å². The molecule has 120 valence electrons. The van der Waals surface area contributed by atoms with Gasteiger partial charge in [0, 0.05) is 19.0 Å². The number of benzene rings is 2. The number of carbonyl (C=O) groups is 2. The van der Waals surface area contributed by atoms with Gasteiger partial charge in [-0.25, -0.2) is 4.79 Å². The highest BCUT2D eigenvalue weighted by Gasteiger charge is 2.28. The molecule has 1 atom stereocenters. The topological polar surface area (TPSA) is 57.6 Å². The Hall–Kier alpha value is -2.62. The molecule has 0 aliphatic heterocycles. The summed E-state index contributed by atoms with van der Waals surface area (Å²) in [4.78, 5) is 25.7. The SMILES string of the molecule is Cc1ccc(C)c(C(=O)N(C)C(Cc2ccccc2)C(=O)O)c1. The van der Waals surface area contributed by atoms with Gasteiger partial charge >= 0.3 is 5.97 Å². The van der Waals surface area contributed by atoms with Gasteiger partial charge in [0.15, 0.2) is 0 Å². The van der Waals surface area contributed by atoms with Crippen molar-refractivity contribution >= 4 is 11.9 Å². The van der Waals surface area contributed by atoms with Crippen molar-refractivity contribution < 1.29 is 14.7 Å². The standard InChI is InChI=1S/C19H21NO3/c1-13-9-10-14(2)16(11-13)18(21)20(3)17(19(22)23)12-15-7-5-4-6-8-15/h4-11,17H,12H2,1-3H3,(H,22,23). The van der Waals surface area contributed by atoms with Gasteiger partial charge in [-0.05, 0) is 31.0 Å². The van der Waals surface area contributed by atoms with E-state index in [0.29, 0.717) is 5.56 Å². The predicted octanol–water partition coefficient (Wildman–Crippen LogP) is 3.07. The van der Waals surface area contributed by atoms with Crippen molar-refractivity contribution in [3.05, 3.63) is 70.8 Å². The average molecular weight is 311 g/mol. The summed E-state index contributed by atoms with van der Waals surface area (Å²) in [5, 5.41) is 9.53. The predicted molar refractivity (Wildman–Crippen MR) is 89.6 cm³/mol. The van der Waals surface area contributed by atoms with Crippen molar-refractivity contribution in [1.82, 2.24) is 4.90 Å². The minimum Gasteiger partial charge on any atom is -0.480 e. The maximum atomic E-state index is 12.7. The van der Waals surface area contributed by atoms with Crippen LogP contribution >= 0.6 is 0 Å². The van der Waals surface area contributed by atoms with Crippen molar-refractivity contribution in [3.8, 4) is 0 Å². The third-order valence-electron chi connectivity index (χ3n) is 3.97. The number of rotatable bonds is 5. The molecule has 0 bridgehead atoms. The van der Waals surface area contributed by atoms with Crippen LogP contribution in [0.2, 0.25) is 0 Å². The molecule has 1 amide bonds. The highest BCUT2D eigenvalue weighted by molar-refractivity contribution is 5.97. The van der Waals surface area contributed by atoms with Crippen LogP contribution in [0.5, 0.6) is 0 Å². The molecule has 0 aromatic heterocycles. The monoisotopic (exact) mass is 311 g/mol. The van der Waals surface area contributed by atoms with E-state index >= 15 is 0 Å². The van der Waals surface area contributed by atoms with Crippen molar-refractivity contribution in [1.29, 1.82) is 0 Å². The molecule has 4 heteroatoms. The molecule has 0 saturated heterocycles. The second kappa shape index (κ2) is 7.09. The van der Waals surface area contributed by atoms with E-state index in [0.717, 1.165) is 16.7 Å². The van der Waals surface area contributed by atoms with Crippen LogP contribution in [0.4, 0.5) is 0 Å². The molecule has 4 nitrogen and oxygen atoms in total. The summed E-state index contributed by atoms with van der Waals surface area (Å²) >= 11 is 0. The fourth-order valence-electron chi connectivity index (χ4n) is 2.53. The molecule has 2 rings (SSSR count). The number of aryl methyl sites for hydroxylation is 2. The van der Waals surface area contributed by atoms with Crippen LogP contribution < -0.4 is 0 Å². The molecule has 0 spiro atoms. The van der Waals surface area contributed by atoms with Crippen molar-refractivity contribution in [2.75, 3.05) is 7.05 Å². The van der Waals surface area contributed by atoms with E-state index in [4.69, 9.17) is 0 Å². The van der Waals surface area contributed by atoms with Crippen LogP contribution in [0.3, 0.4) is 0 Å². The van der Waals surface area contributed by atoms with Crippen LogP contribution in [0.1, 0.15) is 27.0 Å². The Morgan fingerprint density at radius 2 is 1.74 bits per heavy atom.